The highest BCUT2D eigenvalue weighted by molar-refractivity contribution is 5.93. The van der Waals surface area contributed by atoms with Crippen molar-refractivity contribution >= 4 is 17.7 Å². The zero-order valence-electron chi connectivity index (χ0n) is 15.4. The van der Waals surface area contributed by atoms with Crippen molar-refractivity contribution in [1.82, 2.24) is 4.90 Å². The van der Waals surface area contributed by atoms with E-state index in [2.05, 4.69) is 5.32 Å². The van der Waals surface area contributed by atoms with Crippen LogP contribution in [-0.4, -0.2) is 37.1 Å². The van der Waals surface area contributed by atoms with E-state index >= 15 is 0 Å². The molecule has 0 bridgehead atoms. The first-order valence-electron chi connectivity index (χ1n) is 9.06. The number of hydrogen-bond acceptors (Lipinski definition) is 4. The number of nitrogens with one attached hydrogen (secondary N) is 1. The highest BCUT2D eigenvalue weighted by atomic mass is 16.6. The van der Waals surface area contributed by atoms with Gasteiger partial charge in [-0.15, -0.1) is 0 Å². The third kappa shape index (κ3) is 5.23. The van der Waals surface area contributed by atoms with Gasteiger partial charge in [-0.05, 0) is 30.5 Å². The number of likely N-dealkylation sites (tertiary alicyclic amines) is 1. The summed E-state index contributed by atoms with van der Waals surface area (Å²) >= 11 is 0. The average Bonchev–Trinajstić information content (AvgIpc) is 2.73. The SMILES string of the molecule is COc1cccc(NC(=O)C2CCCN(C(=O)OCc3ccccc3)C2)c1. The van der Waals surface area contributed by atoms with Crippen molar-refractivity contribution in [1.29, 1.82) is 0 Å². The topological polar surface area (TPSA) is 67.9 Å². The Bertz CT molecular complexity index is 779. The number of hydrogen-bond donors (Lipinski definition) is 1. The third-order valence-electron chi connectivity index (χ3n) is 4.59. The number of rotatable bonds is 5. The molecule has 1 fully saturated rings. The molecule has 2 amide bonds. The van der Waals surface area contributed by atoms with E-state index in [-0.39, 0.29) is 24.5 Å². The van der Waals surface area contributed by atoms with Gasteiger partial charge in [0.15, 0.2) is 0 Å². The van der Waals surface area contributed by atoms with Crippen LogP contribution in [0.1, 0.15) is 18.4 Å². The minimum atomic E-state index is -0.377. The van der Waals surface area contributed by atoms with Crippen LogP contribution in [0.15, 0.2) is 54.6 Å². The van der Waals surface area contributed by atoms with E-state index in [0.717, 1.165) is 18.4 Å². The second-order valence-corrected chi connectivity index (χ2v) is 6.55. The van der Waals surface area contributed by atoms with Crippen LogP contribution in [-0.2, 0) is 16.1 Å². The van der Waals surface area contributed by atoms with Crippen LogP contribution in [0.4, 0.5) is 10.5 Å². The van der Waals surface area contributed by atoms with Crippen molar-refractivity contribution in [2.75, 3.05) is 25.5 Å². The van der Waals surface area contributed by atoms with E-state index in [4.69, 9.17) is 9.47 Å². The maximum Gasteiger partial charge on any atom is 0.410 e. The van der Waals surface area contributed by atoms with Crippen molar-refractivity contribution in [2.45, 2.75) is 19.4 Å². The maximum atomic E-state index is 12.6. The lowest BCUT2D eigenvalue weighted by Gasteiger charge is -2.31. The predicted octanol–water partition coefficient (Wildman–Crippen LogP) is 3.68. The highest BCUT2D eigenvalue weighted by Crippen LogP contribution is 2.22. The van der Waals surface area contributed by atoms with E-state index in [1.54, 1.807) is 18.1 Å². The molecule has 0 aliphatic carbocycles. The lowest BCUT2D eigenvalue weighted by atomic mass is 9.97. The summed E-state index contributed by atoms with van der Waals surface area (Å²) in [6, 6.07) is 16.8. The van der Waals surface area contributed by atoms with Crippen LogP contribution in [0.2, 0.25) is 0 Å². The molecule has 0 aromatic heterocycles. The van der Waals surface area contributed by atoms with Gasteiger partial charge in [-0.2, -0.15) is 0 Å². The minimum absolute atomic E-state index is 0.0937. The van der Waals surface area contributed by atoms with E-state index < -0.39 is 0 Å². The quantitative estimate of drug-likeness (QED) is 0.874. The molecule has 1 heterocycles. The van der Waals surface area contributed by atoms with E-state index in [1.165, 1.54) is 0 Å². The first kappa shape index (κ1) is 18.8. The summed E-state index contributed by atoms with van der Waals surface area (Å²) in [6.45, 7) is 1.21. The molecular formula is C21H24N2O4. The lowest BCUT2D eigenvalue weighted by Crippen LogP contribution is -2.44. The fourth-order valence-corrected chi connectivity index (χ4v) is 3.11. The van der Waals surface area contributed by atoms with Crippen LogP contribution in [0.25, 0.3) is 0 Å². The molecule has 27 heavy (non-hydrogen) atoms. The Kier molecular flexibility index (Phi) is 6.30. The Morgan fingerprint density at radius 2 is 1.96 bits per heavy atom. The van der Waals surface area contributed by atoms with Crippen LogP contribution >= 0.6 is 0 Å². The molecule has 2 aromatic rings. The van der Waals surface area contributed by atoms with Crippen molar-refractivity contribution in [3.8, 4) is 5.75 Å². The number of carbonyl (C=O) groups is 2. The summed E-state index contributed by atoms with van der Waals surface area (Å²) in [7, 11) is 1.58. The molecule has 1 aliphatic rings. The molecular weight excluding hydrogens is 344 g/mol. The molecule has 6 nitrogen and oxygen atoms in total. The Morgan fingerprint density at radius 3 is 2.74 bits per heavy atom. The van der Waals surface area contributed by atoms with Gasteiger partial charge in [-0.25, -0.2) is 4.79 Å². The highest BCUT2D eigenvalue weighted by Gasteiger charge is 2.29. The Hall–Kier alpha value is -3.02. The van der Waals surface area contributed by atoms with Gasteiger partial charge in [0, 0.05) is 24.8 Å². The van der Waals surface area contributed by atoms with Crippen molar-refractivity contribution in [3.05, 3.63) is 60.2 Å². The molecule has 1 aliphatic heterocycles. The fraction of sp³-hybridized carbons (Fsp3) is 0.333. The third-order valence-corrected chi connectivity index (χ3v) is 4.59. The molecule has 2 aromatic carbocycles. The van der Waals surface area contributed by atoms with Crippen molar-refractivity contribution in [3.63, 3.8) is 0 Å². The summed E-state index contributed by atoms with van der Waals surface area (Å²) in [5.74, 6) is 0.334. The monoisotopic (exact) mass is 368 g/mol. The lowest BCUT2D eigenvalue weighted by molar-refractivity contribution is -0.121. The van der Waals surface area contributed by atoms with Gasteiger partial charge in [0.05, 0.1) is 13.0 Å². The number of amides is 2. The minimum Gasteiger partial charge on any atom is -0.497 e. The molecule has 6 heteroatoms. The van der Waals surface area contributed by atoms with Crippen LogP contribution < -0.4 is 10.1 Å². The molecule has 3 rings (SSSR count). The molecule has 142 valence electrons. The average molecular weight is 368 g/mol. The first-order valence-corrected chi connectivity index (χ1v) is 9.06. The van der Waals surface area contributed by atoms with Gasteiger partial charge in [0.25, 0.3) is 0 Å². The summed E-state index contributed by atoms with van der Waals surface area (Å²) in [6.07, 6.45) is 1.15. The summed E-state index contributed by atoms with van der Waals surface area (Å²) in [5.41, 5.74) is 1.62. The smallest absolute Gasteiger partial charge is 0.410 e. The first-order chi connectivity index (χ1) is 13.2. The fourth-order valence-electron chi connectivity index (χ4n) is 3.11. The van der Waals surface area contributed by atoms with Gasteiger partial charge in [-0.1, -0.05) is 36.4 Å². The van der Waals surface area contributed by atoms with Gasteiger partial charge >= 0.3 is 6.09 Å². The standard InChI is InChI=1S/C21H24N2O4/c1-26-19-11-5-10-18(13-19)22-20(24)17-9-6-12-23(14-17)21(25)27-15-16-7-3-2-4-8-16/h2-5,7-8,10-11,13,17H,6,9,12,14-15H2,1H3,(H,22,24). The zero-order chi connectivity index (χ0) is 19.1. The van der Waals surface area contributed by atoms with E-state index in [9.17, 15) is 9.59 Å². The second kappa shape index (κ2) is 9.07. The number of methoxy groups -OCH3 is 1. The van der Waals surface area contributed by atoms with Gasteiger partial charge < -0.3 is 19.7 Å². The number of piperidine rings is 1. The normalized spacial score (nSPS) is 16.5. The molecule has 1 unspecified atom stereocenters. The molecule has 0 saturated carbocycles. The maximum absolute atomic E-state index is 12.6. The number of benzene rings is 2. The van der Waals surface area contributed by atoms with E-state index in [1.807, 2.05) is 48.5 Å². The number of nitrogens with zero attached hydrogens (tertiary/aromatic N) is 1. The predicted molar refractivity (Wildman–Crippen MR) is 103 cm³/mol. The molecule has 1 atom stereocenters. The Morgan fingerprint density at radius 1 is 1.15 bits per heavy atom. The Balaban J connectivity index is 1.53. The molecule has 1 N–H and O–H groups in total. The summed E-state index contributed by atoms with van der Waals surface area (Å²) in [5, 5.41) is 2.91. The van der Waals surface area contributed by atoms with Gasteiger partial charge in [0.2, 0.25) is 5.91 Å². The molecule has 1 saturated heterocycles. The zero-order valence-corrected chi connectivity index (χ0v) is 15.4. The number of carbonyl (C=O) groups excluding carboxylic acids is 2. The van der Waals surface area contributed by atoms with Crippen molar-refractivity contribution in [2.24, 2.45) is 5.92 Å². The van der Waals surface area contributed by atoms with Crippen LogP contribution in [0.5, 0.6) is 5.75 Å². The number of anilines is 1. The van der Waals surface area contributed by atoms with Crippen LogP contribution in [0.3, 0.4) is 0 Å². The van der Waals surface area contributed by atoms with Crippen molar-refractivity contribution < 1.29 is 19.1 Å². The van der Waals surface area contributed by atoms with Crippen LogP contribution in [0, 0.1) is 5.92 Å². The summed E-state index contributed by atoms with van der Waals surface area (Å²) < 4.78 is 10.6. The van der Waals surface area contributed by atoms with Gasteiger partial charge in [-0.3, -0.25) is 4.79 Å². The Labute approximate surface area is 159 Å². The van der Waals surface area contributed by atoms with E-state index in [0.29, 0.717) is 24.5 Å². The van der Waals surface area contributed by atoms with Gasteiger partial charge in [0.1, 0.15) is 12.4 Å². The summed E-state index contributed by atoms with van der Waals surface area (Å²) in [4.78, 5) is 26.5. The largest absolute Gasteiger partial charge is 0.497 e. The number of ether oxygens (including phenoxy) is 2. The molecule has 0 spiro atoms. The second-order valence-electron chi connectivity index (χ2n) is 6.55. The molecule has 0 radical (unpaired) electrons.